The van der Waals surface area contributed by atoms with Crippen LogP contribution in [0.4, 0.5) is 5.00 Å². The number of esters is 1. The van der Waals surface area contributed by atoms with E-state index in [1.807, 2.05) is 37.3 Å². The number of benzene rings is 1. The fraction of sp³-hybridized carbons (Fsp3) is 0.300. The molecule has 1 aromatic carbocycles. The molecule has 8 heteroatoms. The number of hydrogen-bond acceptors (Lipinski definition) is 7. The highest BCUT2D eigenvalue weighted by molar-refractivity contribution is 7.16. The Balaban J connectivity index is 1.61. The Bertz CT molecular complexity index is 950. The van der Waals surface area contributed by atoms with Gasteiger partial charge in [-0.2, -0.15) is 4.98 Å². The summed E-state index contributed by atoms with van der Waals surface area (Å²) in [5.41, 5.74) is 1.24. The van der Waals surface area contributed by atoms with Crippen LogP contribution in [0.25, 0.3) is 11.4 Å². The molecule has 0 radical (unpaired) electrons. The molecular weight excluding hydrogens is 378 g/mol. The largest absolute Gasteiger partial charge is 0.462 e. The van der Waals surface area contributed by atoms with Gasteiger partial charge in [0.15, 0.2) is 0 Å². The molecule has 0 atom stereocenters. The number of nitrogens with zero attached hydrogens (tertiary/aromatic N) is 2. The van der Waals surface area contributed by atoms with Crippen LogP contribution in [0.1, 0.15) is 41.4 Å². The van der Waals surface area contributed by atoms with E-state index in [2.05, 4.69) is 15.5 Å². The molecule has 0 aliphatic rings. The Kier molecular flexibility index (Phi) is 6.54. The summed E-state index contributed by atoms with van der Waals surface area (Å²) >= 11 is 1.38. The standard InChI is InChI=1S/C20H21N3O4S/c1-3-14-12-15(20(25)26-4-2)19(28-14)21-16(24)10-11-17-22-18(23-27-17)13-8-6-5-7-9-13/h5-9,12H,3-4,10-11H2,1-2H3,(H,21,24). The maximum Gasteiger partial charge on any atom is 0.341 e. The van der Waals surface area contributed by atoms with Gasteiger partial charge in [0.1, 0.15) is 5.00 Å². The van der Waals surface area contributed by atoms with E-state index in [-0.39, 0.29) is 18.9 Å². The predicted molar refractivity (Wildman–Crippen MR) is 106 cm³/mol. The summed E-state index contributed by atoms with van der Waals surface area (Å²) in [6, 6.07) is 11.2. The monoisotopic (exact) mass is 399 g/mol. The average molecular weight is 399 g/mol. The highest BCUT2D eigenvalue weighted by Crippen LogP contribution is 2.29. The van der Waals surface area contributed by atoms with Gasteiger partial charge in [-0.15, -0.1) is 11.3 Å². The van der Waals surface area contributed by atoms with Gasteiger partial charge < -0.3 is 14.6 Å². The number of nitrogens with one attached hydrogen (secondary N) is 1. The topological polar surface area (TPSA) is 94.3 Å². The molecule has 3 aromatic rings. The second-order valence-electron chi connectivity index (χ2n) is 5.96. The lowest BCUT2D eigenvalue weighted by Crippen LogP contribution is -2.14. The fourth-order valence-electron chi connectivity index (χ4n) is 2.54. The molecule has 0 aliphatic carbocycles. The van der Waals surface area contributed by atoms with Crippen LogP contribution in [0.2, 0.25) is 0 Å². The van der Waals surface area contributed by atoms with E-state index in [0.29, 0.717) is 28.7 Å². The number of aromatic nitrogens is 2. The van der Waals surface area contributed by atoms with Crippen molar-refractivity contribution in [3.05, 3.63) is 52.7 Å². The summed E-state index contributed by atoms with van der Waals surface area (Å²) in [5.74, 6) is 0.221. The summed E-state index contributed by atoms with van der Waals surface area (Å²) in [5, 5.41) is 7.26. The molecule has 1 N–H and O–H groups in total. The van der Waals surface area contributed by atoms with Crippen LogP contribution < -0.4 is 5.32 Å². The molecular formula is C20H21N3O4S. The van der Waals surface area contributed by atoms with Crippen LogP contribution in [0.5, 0.6) is 0 Å². The Hall–Kier alpha value is -3.00. The predicted octanol–water partition coefficient (Wildman–Crippen LogP) is 4.11. The van der Waals surface area contributed by atoms with Gasteiger partial charge in [0.25, 0.3) is 0 Å². The van der Waals surface area contributed by atoms with Gasteiger partial charge >= 0.3 is 5.97 Å². The number of rotatable bonds is 8. The number of amides is 1. The van der Waals surface area contributed by atoms with Crippen LogP contribution in [0.3, 0.4) is 0 Å². The minimum absolute atomic E-state index is 0.165. The third-order valence-corrected chi connectivity index (χ3v) is 5.14. The minimum atomic E-state index is -0.432. The van der Waals surface area contributed by atoms with Gasteiger partial charge in [-0.1, -0.05) is 42.4 Å². The quantitative estimate of drug-likeness (QED) is 0.573. The van der Waals surface area contributed by atoms with Gasteiger partial charge in [-0.25, -0.2) is 4.79 Å². The van der Waals surface area contributed by atoms with Crippen molar-refractivity contribution in [2.75, 3.05) is 11.9 Å². The van der Waals surface area contributed by atoms with E-state index in [1.165, 1.54) is 11.3 Å². The molecule has 1 amide bonds. The van der Waals surface area contributed by atoms with Gasteiger partial charge in [0.2, 0.25) is 17.6 Å². The maximum atomic E-state index is 12.3. The highest BCUT2D eigenvalue weighted by Gasteiger charge is 2.19. The van der Waals surface area contributed by atoms with Crippen molar-refractivity contribution in [3.63, 3.8) is 0 Å². The van der Waals surface area contributed by atoms with E-state index in [4.69, 9.17) is 9.26 Å². The molecule has 2 aromatic heterocycles. The second kappa shape index (κ2) is 9.27. The molecule has 146 valence electrons. The first-order valence-corrected chi connectivity index (χ1v) is 9.90. The van der Waals surface area contributed by atoms with E-state index in [0.717, 1.165) is 16.9 Å². The van der Waals surface area contributed by atoms with E-state index in [1.54, 1.807) is 13.0 Å². The smallest absolute Gasteiger partial charge is 0.341 e. The molecule has 3 rings (SSSR count). The van der Waals surface area contributed by atoms with E-state index >= 15 is 0 Å². The van der Waals surface area contributed by atoms with E-state index < -0.39 is 5.97 Å². The Labute approximate surface area is 166 Å². The van der Waals surface area contributed by atoms with Crippen molar-refractivity contribution in [1.29, 1.82) is 0 Å². The summed E-state index contributed by atoms with van der Waals surface area (Å²) in [7, 11) is 0. The third-order valence-electron chi connectivity index (χ3n) is 3.95. The average Bonchev–Trinajstić information content (AvgIpc) is 3.34. The summed E-state index contributed by atoms with van der Waals surface area (Å²) in [4.78, 5) is 29.8. The molecule has 0 saturated carbocycles. The number of carbonyl (C=O) groups excluding carboxylic acids is 2. The first-order chi connectivity index (χ1) is 13.6. The number of aryl methyl sites for hydroxylation is 2. The van der Waals surface area contributed by atoms with Gasteiger partial charge in [0, 0.05) is 23.3 Å². The zero-order valence-corrected chi connectivity index (χ0v) is 16.5. The van der Waals surface area contributed by atoms with Crippen molar-refractivity contribution >= 4 is 28.2 Å². The van der Waals surface area contributed by atoms with Crippen molar-refractivity contribution < 1.29 is 18.8 Å². The van der Waals surface area contributed by atoms with Crippen molar-refractivity contribution in [3.8, 4) is 11.4 Å². The molecule has 0 aliphatic heterocycles. The van der Waals surface area contributed by atoms with Gasteiger partial charge in [-0.3, -0.25) is 4.79 Å². The second-order valence-corrected chi connectivity index (χ2v) is 7.09. The highest BCUT2D eigenvalue weighted by atomic mass is 32.1. The molecule has 0 saturated heterocycles. The van der Waals surface area contributed by atoms with Crippen molar-refractivity contribution in [2.45, 2.75) is 33.1 Å². The van der Waals surface area contributed by atoms with Crippen molar-refractivity contribution in [2.24, 2.45) is 0 Å². The number of thiophene rings is 1. The maximum absolute atomic E-state index is 12.3. The normalized spacial score (nSPS) is 10.6. The van der Waals surface area contributed by atoms with Gasteiger partial charge in [-0.05, 0) is 19.4 Å². The first kappa shape index (κ1) is 19.8. The summed E-state index contributed by atoms with van der Waals surface area (Å²) < 4.78 is 10.3. The zero-order chi connectivity index (χ0) is 19.9. The molecule has 0 unspecified atom stereocenters. The summed E-state index contributed by atoms with van der Waals surface area (Å²) in [6.45, 7) is 4.02. The number of hydrogen-bond donors (Lipinski definition) is 1. The van der Waals surface area contributed by atoms with Crippen LogP contribution in [-0.2, 0) is 22.4 Å². The van der Waals surface area contributed by atoms with Gasteiger partial charge in [0.05, 0.1) is 12.2 Å². The van der Waals surface area contributed by atoms with E-state index in [9.17, 15) is 9.59 Å². The zero-order valence-electron chi connectivity index (χ0n) is 15.7. The first-order valence-electron chi connectivity index (χ1n) is 9.08. The lowest BCUT2D eigenvalue weighted by Gasteiger charge is -2.05. The Morgan fingerprint density at radius 3 is 2.71 bits per heavy atom. The SMILES string of the molecule is CCOC(=O)c1cc(CC)sc1NC(=O)CCc1nc(-c2ccccc2)no1. The lowest BCUT2D eigenvalue weighted by molar-refractivity contribution is -0.116. The Morgan fingerprint density at radius 2 is 2.00 bits per heavy atom. The molecule has 7 nitrogen and oxygen atoms in total. The van der Waals surface area contributed by atoms with Crippen LogP contribution >= 0.6 is 11.3 Å². The fourth-order valence-corrected chi connectivity index (χ4v) is 3.54. The molecule has 0 bridgehead atoms. The molecule has 0 spiro atoms. The van der Waals surface area contributed by atoms with Crippen LogP contribution in [0.15, 0.2) is 40.9 Å². The lowest BCUT2D eigenvalue weighted by atomic mass is 10.2. The van der Waals surface area contributed by atoms with Crippen LogP contribution in [-0.4, -0.2) is 28.6 Å². The molecule has 28 heavy (non-hydrogen) atoms. The number of carbonyl (C=O) groups is 2. The molecule has 0 fully saturated rings. The van der Waals surface area contributed by atoms with Crippen LogP contribution in [0, 0.1) is 0 Å². The number of anilines is 1. The third kappa shape index (κ3) is 4.83. The number of ether oxygens (including phenoxy) is 1. The summed E-state index contributed by atoms with van der Waals surface area (Å²) in [6.07, 6.45) is 1.25. The minimum Gasteiger partial charge on any atom is -0.462 e. The molecule has 2 heterocycles. The van der Waals surface area contributed by atoms with Crippen molar-refractivity contribution in [1.82, 2.24) is 10.1 Å². The Morgan fingerprint density at radius 1 is 1.21 bits per heavy atom.